The molecular weight excluding hydrogens is 405 g/mol. The number of rotatable bonds is 6. The first-order chi connectivity index (χ1) is 14.4. The molecule has 0 unspecified atom stereocenters. The topological polar surface area (TPSA) is 51.5 Å². The monoisotopic (exact) mass is 427 g/mol. The summed E-state index contributed by atoms with van der Waals surface area (Å²) in [6.45, 7) is 7.10. The largest absolute Gasteiger partial charge is 0.478 e. The fourth-order valence-electron chi connectivity index (χ4n) is 2.98. The van der Waals surface area contributed by atoms with E-state index in [1.807, 2.05) is 43.3 Å². The molecule has 156 valence electrons. The molecule has 6 heteroatoms. The highest BCUT2D eigenvalue weighted by atomic mass is 35.5. The zero-order valence-electron chi connectivity index (χ0n) is 16.8. The van der Waals surface area contributed by atoms with Gasteiger partial charge in [-0.25, -0.2) is 4.79 Å². The van der Waals surface area contributed by atoms with Crippen LogP contribution in [0.1, 0.15) is 28.7 Å². The molecule has 3 aromatic rings. The Hall–Kier alpha value is -3.31. The molecule has 1 aromatic heterocycles. The van der Waals surface area contributed by atoms with Crippen LogP contribution in [-0.2, 0) is 4.94 Å². The Balaban J connectivity index is 0.000000469. The standard InChI is InChI=1S/C21H19NO2.C3H4ClFO/c1-3-8-18-14-20(16-9-5-4-6-10-16)15(2)22(18)19-12-7-11-17(13-19)21(23)24;1-3(2-4)6-5/h3-14H,1-2H3,(H,23,24);1-2H2/b8-3+;. The maximum absolute atomic E-state index is 11.3. The van der Waals surface area contributed by atoms with Gasteiger partial charge in [-0.15, -0.1) is 11.6 Å². The van der Waals surface area contributed by atoms with Gasteiger partial charge < -0.3 is 9.67 Å². The van der Waals surface area contributed by atoms with Crippen molar-refractivity contribution in [3.05, 3.63) is 96.0 Å². The number of aromatic nitrogens is 1. The second-order valence-corrected chi connectivity index (χ2v) is 6.64. The van der Waals surface area contributed by atoms with Gasteiger partial charge in [0.25, 0.3) is 0 Å². The molecule has 4 nitrogen and oxygen atoms in total. The summed E-state index contributed by atoms with van der Waals surface area (Å²) in [4.78, 5) is 14.4. The number of aromatic carboxylic acids is 1. The molecule has 0 atom stereocenters. The van der Waals surface area contributed by atoms with Gasteiger partial charge in [0.15, 0.2) is 5.76 Å². The van der Waals surface area contributed by atoms with Crippen molar-refractivity contribution >= 4 is 23.6 Å². The fraction of sp³-hybridized carbons (Fsp3) is 0.125. The Morgan fingerprint density at radius 1 is 1.20 bits per heavy atom. The van der Waals surface area contributed by atoms with Crippen molar-refractivity contribution in [2.45, 2.75) is 13.8 Å². The van der Waals surface area contributed by atoms with E-state index in [-0.39, 0.29) is 17.2 Å². The lowest BCUT2D eigenvalue weighted by molar-refractivity contribution is -0.0805. The van der Waals surface area contributed by atoms with Crippen LogP contribution in [0.15, 0.2) is 79.1 Å². The van der Waals surface area contributed by atoms with Crippen LogP contribution in [0, 0.1) is 6.92 Å². The van der Waals surface area contributed by atoms with E-state index < -0.39 is 5.97 Å². The molecule has 2 aromatic carbocycles. The number of carboxylic acids is 1. The lowest BCUT2D eigenvalue weighted by atomic mass is 10.1. The van der Waals surface area contributed by atoms with Gasteiger partial charge >= 0.3 is 5.97 Å². The summed E-state index contributed by atoms with van der Waals surface area (Å²) in [6.07, 6.45) is 4.02. The molecule has 0 saturated carbocycles. The van der Waals surface area contributed by atoms with E-state index in [0.717, 1.165) is 28.2 Å². The van der Waals surface area contributed by atoms with Gasteiger partial charge in [-0.05, 0) is 49.8 Å². The molecule has 0 spiro atoms. The van der Waals surface area contributed by atoms with Crippen LogP contribution in [0.3, 0.4) is 0 Å². The highest BCUT2D eigenvalue weighted by Crippen LogP contribution is 2.30. The van der Waals surface area contributed by atoms with E-state index in [4.69, 9.17) is 11.6 Å². The van der Waals surface area contributed by atoms with Crippen molar-refractivity contribution in [2.24, 2.45) is 0 Å². The van der Waals surface area contributed by atoms with Crippen LogP contribution in [0.5, 0.6) is 0 Å². The minimum Gasteiger partial charge on any atom is -0.478 e. The molecule has 0 aliphatic carbocycles. The van der Waals surface area contributed by atoms with Gasteiger partial charge in [0.05, 0.1) is 11.4 Å². The van der Waals surface area contributed by atoms with E-state index in [9.17, 15) is 14.4 Å². The molecular formula is C24H23ClFNO3. The van der Waals surface area contributed by atoms with Crippen molar-refractivity contribution in [3.8, 4) is 16.8 Å². The predicted octanol–water partition coefficient (Wildman–Crippen LogP) is 6.82. The molecule has 0 aliphatic heterocycles. The maximum atomic E-state index is 11.3. The van der Waals surface area contributed by atoms with Crippen LogP contribution in [0.25, 0.3) is 22.9 Å². The Morgan fingerprint density at radius 2 is 1.90 bits per heavy atom. The van der Waals surface area contributed by atoms with Crippen LogP contribution in [0.4, 0.5) is 4.53 Å². The Kier molecular flexibility index (Phi) is 8.44. The Morgan fingerprint density at radius 3 is 2.43 bits per heavy atom. The zero-order chi connectivity index (χ0) is 22.1. The minimum atomic E-state index is -0.919. The normalized spacial score (nSPS) is 10.4. The highest BCUT2D eigenvalue weighted by molar-refractivity contribution is 6.19. The molecule has 0 radical (unpaired) electrons. The SMILES string of the molecule is C/C=C/c1cc(-c2ccccc2)c(C)n1-c1cccc(C(=O)O)c1.C=C(CCl)OF. The van der Waals surface area contributed by atoms with Gasteiger partial charge in [-0.3, -0.25) is 4.94 Å². The minimum absolute atomic E-state index is 0.0104. The van der Waals surface area contributed by atoms with Crippen molar-refractivity contribution in [1.29, 1.82) is 0 Å². The Bertz CT molecular complexity index is 1040. The third kappa shape index (κ3) is 5.61. The van der Waals surface area contributed by atoms with Gasteiger partial charge in [-0.1, -0.05) is 49.1 Å². The molecule has 30 heavy (non-hydrogen) atoms. The molecule has 0 aliphatic rings. The maximum Gasteiger partial charge on any atom is 0.335 e. The van der Waals surface area contributed by atoms with E-state index in [2.05, 4.69) is 41.2 Å². The zero-order valence-corrected chi connectivity index (χ0v) is 17.6. The average Bonchev–Trinajstić information content (AvgIpc) is 3.10. The van der Waals surface area contributed by atoms with Crippen LogP contribution >= 0.6 is 11.6 Å². The molecule has 0 saturated heterocycles. The number of allylic oxidation sites excluding steroid dienone is 2. The van der Waals surface area contributed by atoms with E-state index in [1.165, 1.54) is 0 Å². The number of benzene rings is 2. The van der Waals surface area contributed by atoms with Crippen molar-refractivity contribution < 1.29 is 19.4 Å². The average molecular weight is 428 g/mol. The summed E-state index contributed by atoms with van der Waals surface area (Å²) >= 11 is 4.99. The lowest BCUT2D eigenvalue weighted by Gasteiger charge is -2.11. The van der Waals surface area contributed by atoms with Gasteiger partial charge in [-0.2, -0.15) is 0 Å². The highest BCUT2D eigenvalue weighted by Gasteiger charge is 2.14. The first-order valence-corrected chi connectivity index (χ1v) is 9.72. The number of carboxylic acid groups (broad SMARTS) is 1. The number of hydrogen-bond acceptors (Lipinski definition) is 2. The Labute approximate surface area is 180 Å². The number of carbonyl (C=O) groups is 1. The predicted molar refractivity (Wildman–Crippen MR) is 120 cm³/mol. The van der Waals surface area contributed by atoms with Crippen LogP contribution in [-0.4, -0.2) is 21.5 Å². The number of halogens is 2. The number of alkyl halides is 1. The number of nitrogens with zero attached hydrogens (tertiary/aromatic N) is 1. The van der Waals surface area contributed by atoms with Gasteiger partial charge in [0.1, 0.15) is 0 Å². The second-order valence-electron chi connectivity index (χ2n) is 6.37. The fourth-order valence-corrected chi connectivity index (χ4v) is 3.02. The summed E-state index contributed by atoms with van der Waals surface area (Å²) in [7, 11) is 0. The van der Waals surface area contributed by atoms with E-state index in [1.54, 1.807) is 18.2 Å². The molecule has 0 fully saturated rings. The quantitative estimate of drug-likeness (QED) is 0.346. The van der Waals surface area contributed by atoms with Gasteiger partial charge in [0, 0.05) is 27.2 Å². The molecule has 0 bridgehead atoms. The summed E-state index contributed by atoms with van der Waals surface area (Å²) < 4.78 is 12.8. The summed E-state index contributed by atoms with van der Waals surface area (Å²) in [5, 5.41) is 9.26. The van der Waals surface area contributed by atoms with Crippen molar-refractivity contribution in [2.75, 3.05) is 5.88 Å². The first-order valence-electron chi connectivity index (χ1n) is 9.19. The smallest absolute Gasteiger partial charge is 0.335 e. The molecule has 1 N–H and O–H groups in total. The van der Waals surface area contributed by atoms with E-state index in [0.29, 0.717) is 0 Å². The lowest BCUT2D eigenvalue weighted by Crippen LogP contribution is -2.02. The molecule has 1 heterocycles. The summed E-state index contributed by atoms with van der Waals surface area (Å²) in [5.74, 6) is -0.967. The summed E-state index contributed by atoms with van der Waals surface area (Å²) in [6, 6.07) is 19.4. The van der Waals surface area contributed by atoms with Crippen LogP contribution in [0.2, 0.25) is 0 Å². The molecule has 0 amide bonds. The molecule has 3 rings (SSSR count). The first kappa shape index (κ1) is 23.0. The number of hydrogen-bond donors (Lipinski definition) is 1. The third-order valence-electron chi connectivity index (χ3n) is 4.31. The van der Waals surface area contributed by atoms with Crippen LogP contribution < -0.4 is 0 Å². The van der Waals surface area contributed by atoms with Crippen molar-refractivity contribution in [1.82, 2.24) is 4.57 Å². The summed E-state index contributed by atoms with van der Waals surface area (Å²) in [5.41, 5.74) is 5.53. The van der Waals surface area contributed by atoms with Crippen molar-refractivity contribution in [3.63, 3.8) is 0 Å². The van der Waals surface area contributed by atoms with Gasteiger partial charge in [0.2, 0.25) is 0 Å². The van der Waals surface area contributed by atoms with E-state index >= 15 is 0 Å². The second kappa shape index (κ2) is 11.0. The third-order valence-corrected chi connectivity index (χ3v) is 4.61.